The molecule has 126 valence electrons. The molecule has 0 aliphatic carbocycles. The van der Waals surface area contributed by atoms with E-state index >= 15 is 0 Å². The van der Waals surface area contributed by atoms with Crippen LogP contribution in [0.2, 0.25) is 0 Å². The van der Waals surface area contributed by atoms with E-state index in [4.69, 9.17) is 0 Å². The Morgan fingerprint density at radius 1 is 1.12 bits per heavy atom. The second kappa shape index (κ2) is 6.30. The fourth-order valence-corrected chi connectivity index (χ4v) is 3.01. The minimum atomic E-state index is 0.0592. The summed E-state index contributed by atoms with van der Waals surface area (Å²) in [4.78, 5) is 8.38. The maximum atomic E-state index is 10.5. The highest BCUT2D eigenvalue weighted by atomic mass is 16.3. The zero-order valence-electron chi connectivity index (χ0n) is 14.1. The second-order valence-corrected chi connectivity index (χ2v) is 6.00. The van der Waals surface area contributed by atoms with Gasteiger partial charge in [-0.25, -0.2) is 4.98 Å². The van der Waals surface area contributed by atoms with Crippen molar-refractivity contribution in [1.82, 2.24) is 19.6 Å². The first-order chi connectivity index (χ1) is 12.7. The molecule has 0 amide bonds. The van der Waals surface area contributed by atoms with Crippen molar-refractivity contribution in [3.05, 3.63) is 77.2 Å². The molecule has 0 unspecified atom stereocenters. The zero-order chi connectivity index (χ0) is 18.1. The second-order valence-electron chi connectivity index (χ2n) is 6.00. The van der Waals surface area contributed by atoms with Gasteiger partial charge in [-0.3, -0.25) is 0 Å². The number of nitriles is 1. The van der Waals surface area contributed by atoms with Crippen LogP contribution in [-0.4, -0.2) is 24.7 Å². The van der Waals surface area contributed by atoms with E-state index in [0.29, 0.717) is 23.3 Å². The Kier molecular flexibility index (Phi) is 3.82. The molecule has 0 radical (unpaired) electrons. The van der Waals surface area contributed by atoms with Gasteiger partial charge in [-0.2, -0.15) is 19.9 Å². The molecule has 0 spiro atoms. The molecule has 6 heteroatoms. The third-order valence-electron chi connectivity index (χ3n) is 4.40. The fraction of sp³-hybridized carbons (Fsp3) is 0.100. The molecule has 2 aromatic heterocycles. The van der Waals surface area contributed by atoms with E-state index in [0.717, 1.165) is 22.4 Å². The average Bonchev–Trinajstić information content (AvgIpc) is 3.14. The van der Waals surface area contributed by atoms with Gasteiger partial charge >= 0.3 is 0 Å². The molecule has 4 aromatic rings. The van der Waals surface area contributed by atoms with Crippen LogP contribution in [0.4, 0.5) is 0 Å². The molecule has 0 bridgehead atoms. The molecular formula is C20H15N5O. The number of benzene rings is 2. The summed E-state index contributed by atoms with van der Waals surface area (Å²) in [7, 11) is 0. The highest BCUT2D eigenvalue weighted by Crippen LogP contribution is 2.26. The quantitative estimate of drug-likeness (QED) is 0.618. The zero-order valence-corrected chi connectivity index (χ0v) is 14.1. The van der Waals surface area contributed by atoms with Crippen molar-refractivity contribution in [2.24, 2.45) is 0 Å². The molecule has 2 heterocycles. The Balaban J connectivity index is 1.68. The minimum Gasteiger partial charge on any atom is -0.493 e. The first-order valence-corrected chi connectivity index (χ1v) is 8.14. The van der Waals surface area contributed by atoms with Crippen LogP contribution in [0.1, 0.15) is 22.4 Å². The van der Waals surface area contributed by atoms with Crippen molar-refractivity contribution in [2.45, 2.75) is 13.3 Å². The third kappa shape index (κ3) is 2.66. The maximum Gasteiger partial charge on any atom is 0.255 e. The van der Waals surface area contributed by atoms with Crippen LogP contribution in [0.5, 0.6) is 5.88 Å². The van der Waals surface area contributed by atoms with Gasteiger partial charge in [-0.05, 0) is 29.7 Å². The van der Waals surface area contributed by atoms with Gasteiger partial charge < -0.3 is 5.11 Å². The van der Waals surface area contributed by atoms with Crippen molar-refractivity contribution >= 4 is 5.78 Å². The molecule has 4 rings (SSSR count). The number of hydrogen-bond acceptors (Lipinski definition) is 5. The van der Waals surface area contributed by atoms with Gasteiger partial charge in [-0.15, -0.1) is 0 Å². The Labute approximate surface area is 150 Å². The number of fused-ring (bicyclic) bond motifs is 1. The Hall–Kier alpha value is -3.72. The fourth-order valence-electron chi connectivity index (χ4n) is 3.01. The predicted octanol–water partition coefficient (Wildman–Crippen LogP) is 3.27. The van der Waals surface area contributed by atoms with Gasteiger partial charge in [0.25, 0.3) is 5.78 Å². The lowest BCUT2D eigenvalue weighted by Crippen LogP contribution is -2.02. The van der Waals surface area contributed by atoms with E-state index in [9.17, 15) is 10.4 Å². The lowest BCUT2D eigenvalue weighted by atomic mass is 9.97. The standard InChI is InChI=1S/C20H15N5O/c1-13-18(19(26)25-20(24-13)22-12-23-25)10-14-6-8-15(9-7-14)17-5-3-2-4-16(17)11-21/h2-9,12,26H,10H2,1H3. The molecule has 0 atom stereocenters. The molecule has 0 aliphatic heterocycles. The monoisotopic (exact) mass is 341 g/mol. The Morgan fingerprint density at radius 3 is 2.65 bits per heavy atom. The summed E-state index contributed by atoms with van der Waals surface area (Å²) in [6.45, 7) is 1.85. The summed E-state index contributed by atoms with van der Waals surface area (Å²) < 4.78 is 1.33. The predicted molar refractivity (Wildman–Crippen MR) is 96.6 cm³/mol. The first-order valence-electron chi connectivity index (χ1n) is 8.14. The van der Waals surface area contributed by atoms with Crippen molar-refractivity contribution in [3.63, 3.8) is 0 Å². The number of hydrogen-bond donors (Lipinski definition) is 1. The van der Waals surface area contributed by atoms with Crippen molar-refractivity contribution in [3.8, 4) is 23.1 Å². The highest BCUT2D eigenvalue weighted by molar-refractivity contribution is 5.70. The third-order valence-corrected chi connectivity index (χ3v) is 4.40. The summed E-state index contributed by atoms with van der Waals surface area (Å²) in [6.07, 6.45) is 1.90. The van der Waals surface area contributed by atoms with Crippen LogP contribution in [0.3, 0.4) is 0 Å². The Bertz CT molecular complexity index is 1140. The number of aromatic hydroxyl groups is 1. The topological polar surface area (TPSA) is 87.1 Å². The molecule has 1 N–H and O–H groups in total. The van der Waals surface area contributed by atoms with Gasteiger partial charge in [0.05, 0.1) is 17.3 Å². The molecule has 0 fully saturated rings. The largest absolute Gasteiger partial charge is 0.493 e. The molecule has 6 nitrogen and oxygen atoms in total. The Morgan fingerprint density at radius 2 is 1.88 bits per heavy atom. The van der Waals surface area contributed by atoms with E-state index in [1.807, 2.05) is 55.5 Å². The van der Waals surface area contributed by atoms with E-state index in [-0.39, 0.29) is 5.88 Å². The van der Waals surface area contributed by atoms with E-state index in [1.54, 1.807) is 0 Å². The summed E-state index contributed by atoms with van der Waals surface area (Å²) >= 11 is 0. The van der Waals surface area contributed by atoms with Crippen LogP contribution in [-0.2, 0) is 6.42 Å². The lowest BCUT2D eigenvalue weighted by Gasteiger charge is -2.10. The number of aryl methyl sites for hydroxylation is 1. The number of rotatable bonds is 3. The lowest BCUT2D eigenvalue weighted by molar-refractivity contribution is 0.428. The van der Waals surface area contributed by atoms with E-state index in [1.165, 1.54) is 10.8 Å². The van der Waals surface area contributed by atoms with Crippen molar-refractivity contribution < 1.29 is 5.11 Å². The summed E-state index contributed by atoms with van der Waals surface area (Å²) in [5.41, 5.74) is 5.01. The van der Waals surface area contributed by atoms with Gasteiger partial charge in [0.1, 0.15) is 6.33 Å². The van der Waals surface area contributed by atoms with Crippen LogP contribution >= 0.6 is 0 Å². The normalized spacial score (nSPS) is 10.8. The molecule has 26 heavy (non-hydrogen) atoms. The summed E-state index contributed by atoms with van der Waals surface area (Å²) in [5, 5.41) is 23.7. The van der Waals surface area contributed by atoms with Crippen LogP contribution < -0.4 is 0 Å². The van der Waals surface area contributed by atoms with Crippen LogP contribution in [0.25, 0.3) is 16.9 Å². The number of aromatic nitrogens is 4. The average molecular weight is 341 g/mol. The van der Waals surface area contributed by atoms with Crippen molar-refractivity contribution in [1.29, 1.82) is 5.26 Å². The smallest absolute Gasteiger partial charge is 0.255 e. The van der Waals surface area contributed by atoms with Crippen LogP contribution in [0, 0.1) is 18.3 Å². The minimum absolute atomic E-state index is 0.0592. The van der Waals surface area contributed by atoms with Gasteiger partial charge in [-0.1, -0.05) is 42.5 Å². The molecule has 0 saturated carbocycles. The van der Waals surface area contributed by atoms with Gasteiger partial charge in [0.2, 0.25) is 5.88 Å². The number of nitrogens with zero attached hydrogens (tertiary/aromatic N) is 5. The summed E-state index contributed by atoms with van der Waals surface area (Å²) in [5.74, 6) is 0.441. The maximum absolute atomic E-state index is 10.5. The summed E-state index contributed by atoms with van der Waals surface area (Å²) in [6, 6.07) is 17.7. The van der Waals surface area contributed by atoms with Gasteiger partial charge in [0, 0.05) is 12.0 Å². The first kappa shape index (κ1) is 15.8. The highest BCUT2D eigenvalue weighted by Gasteiger charge is 2.14. The molecule has 0 saturated heterocycles. The van der Waals surface area contributed by atoms with E-state index in [2.05, 4.69) is 21.1 Å². The van der Waals surface area contributed by atoms with E-state index < -0.39 is 0 Å². The molecule has 2 aromatic carbocycles. The van der Waals surface area contributed by atoms with Crippen molar-refractivity contribution in [2.75, 3.05) is 0 Å². The van der Waals surface area contributed by atoms with Crippen LogP contribution in [0.15, 0.2) is 54.9 Å². The molecular weight excluding hydrogens is 326 g/mol. The SMILES string of the molecule is Cc1nc2ncnn2c(O)c1Cc1ccc(-c2ccccc2C#N)cc1. The molecule has 0 aliphatic rings. The van der Waals surface area contributed by atoms with Gasteiger partial charge in [0.15, 0.2) is 0 Å².